The largest absolute Gasteiger partial charge is 1.00 e. The van der Waals surface area contributed by atoms with E-state index in [0.717, 1.165) is 0 Å². The van der Waals surface area contributed by atoms with E-state index in [9.17, 15) is 0 Å². The van der Waals surface area contributed by atoms with Crippen molar-refractivity contribution in [2.45, 2.75) is 0 Å². The molecule has 8 heteroatoms. The second kappa shape index (κ2) is 29.2. The minimum atomic E-state index is -1.44. The molecule has 0 aromatic heterocycles. The van der Waals surface area contributed by atoms with E-state index >= 15 is 0 Å². The van der Waals surface area contributed by atoms with E-state index in [1.165, 1.54) is 0 Å². The molecule has 0 atom stereocenters. The Kier molecular flexibility index (Phi) is 61.1. The number of aliphatic hydroxyl groups is 2. The molecule has 0 aliphatic heterocycles. The Morgan fingerprint density at radius 2 is 1.00 bits per heavy atom. The average molecular weight is 224 g/mol. The van der Waals surface area contributed by atoms with Crippen LogP contribution in [0.4, 0.5) is 0 Å². The predicted octanol–water partition coefficient (Wildman–Crippen LogP) is -9.73. The van der Waals surface area contributed by atoms with Gasteiger partial charge in [-0.25, -0.2) is 0 Å². The second-order valence-electron chi connectivity index (χ2n) is 1.06. The zero-order chi connectivity index (χ0) is 10.6. The maximum atomic E-state index is 9.01. The summed E-state index contributed by atoms with van der Waals surface area (Å²) in [6, 6.07) is 0. The average Bonchev–Trinajstić information content (AvgIpc) is 2.09. The third-order valence-corrected chi connectivity index (χ3v) is 0.258. The van der Waals surface area contributed by atoms with Gasteiger partial charge < -0.3 is 30.0 Å². The van der Waals surface area contributed by atoms with Crippen LogP contribution in [0.3, 0.4) is 0 Å². The number of carboxylic acid groups (broad SMARTS) is 2. The van der Waals surface area contributed by atoms with Crippen molar-refractivity contribution in [2.24, 2.45) is 0 Å². The fourth-order valence-corrected chi connectivity index (χ4v) is 0. The van der Waals surface area contributed by atoms with Gasteiger partial charge in [0, 0.05) is 0 Å². The molecule has 0 fully saturated rings. The zero-order valence-electron chi connectivity index (χ0n) is 8.36. The first-order chi connectivity index (χ1) is 5.54. The summed E-state index contributed by atoms with van der Waals surface area (Å²) in [6.45, 7) is 4.22. The molecule has 0 spiro atoms. The van der Waals surface area contributed by atoms with E-state index in [1.54, 1.807) is 0 Å². The second-order valence-corrected chi connectivity index (χ2v) is 1.06. The number of hydrogen-bond acceptors (Lipinski definition) is 6. The Hall–Kier alpha value is 0.600. The molecule has 0 heterocycles. The SMILES string of the molecule is C=C.O=C([O-])CO.O=C([O-])CO.[Na+].[Na+]. The van der Waals surface area contributed by atoms with Crippen molar-refractivity contribution in [1.82, 2.24) is 0 Å². The summed E-state index contributed by atoms with van der Waals surface area (Å²) in [5.41, 5.74) is 0. The van der Waals surface area contributed by atoms with Gasteiger partial charge >= 0.3 is 59.1 Å². The van der Waals surface area contributed by atoms with Crippen LogP contribution in [0.25, 0.3) is 0 Å². The Morgan fingerprint density at radius 3 is 1.00 bits per heavy atom. The summed E-state index contributed by atoms with van der Waals surface area (Å²) in [5.74, 6) is -2.88. The molecule has 0 aliphatic rings. The van der Waals surface area contributed by atoms with Crippen molar-refractivity contribution in [3.8, 4) is 0 Å². The summed E-state index contributed by atoms with van der Waals surface area (Å²) < 4.78 is 0. The van der Waals surface area contributed by atoms with E-state index in [2.05, 4.69) is 13.2 Å². The van der Waals surface area contributed by atoms with Crippen molar-refractivity contribution in [3.63, 3.8) is 0 Å². The van der Waals surface area contributed by atoms with Crippen molar-refractivity contribution in [1.29, 1.82) is 0 Å². The van der Waals surface area contributed by atoms with E-state index in [1.807, 2.05) is 0 Å². The van der Waals surface area contributed by atoms with E-state index < -0.39 is 25.2 Å². The molecule has 0 radical (unpaired) electrons. The molecule has 0 unspecified atom stereocenters. The van der Waals surface area contributed by atoms with Crippen molar-refractivity contribution >= 4 is 11.9 Å². The summed E-state index contributed by atoms with van der Waals surface area (Å²) in [7, 11) is 0. The van der Waals surface area contributed by atoms with Gasteiger partial charge in [-0.1, -0.05) is 0 Å². The number of carboxylic acids is 2. The number of aliphatic hydroxyl groups excluding tert-OH is 2. The Morgan fingerprint density at radius 1 is 0.929 bits per heavy atom. The van der Waals surface area contributed by atoms with Crippen LogP contribution in [0, 0.1) is 0 Å². The van der Waals surface area contributed by atoms with Gasteiger partial charge in [-0.15, -0.1) is 13.2 Å². The van der Waals surface area contributed by atoms with Gasteiger partial charge in [-0.3, -0.25) is 0 Å². The maximum Gasteiger partial charge on any atom is 1.00 e. The van der Waals surface area contributed by atoms with Crippen molar-refractivity contribution in [2.75, 3.05) is 13.2 Å². The normalized spacial score (nSPS) is 5.57. The standard InChI is InChI=1S/2C2H4O3.C2H4.2Na/c2*3-1-2(4)5;1-2;;/h2*3H,1H2,(H,4,5);1-2H2;;/q;;;2*+1/p-2. The van der Waals surface area contributed by atoms with E-state index in [0.29, 0.717) is 0 Å². The third-order valence-electron chi connectivity index (χ3n) is 0.258. The molecule has 0 aliphatic carbocycles. The summed E-state index contributed by atoms with van der Waals surface area (Å²) in [6.07, 6.45) is 0. The van der Waals surface area contributed by atoms with E-state index in [4.69, 9.17) is 30.0 Å². The monoisotopic (exact) mass is 224 g/mol. The molecular weight excluding hydrogens is 214 g/mol. The Bertz CT molecular complexity index is 115. The molecule has 6 nitrogen and oxygen atoms in total. The van der Waals surface area contributed by atoms with Gasteiger partial charge in [0.05, 0.1) is 25.2 Å². The van der Waals surface area contributed by atoms with Crippen LogP contribution < -0.4 is 69.3 Å². The number of hydrogen-bond donors (Lipinski definition) is 2. The molecule has 0 aromatic carbocycles. The molecule has 0 amide bonds. The fraction of sp³-hybridized carbons (Fsp3) is 0.333. The van der Waals surface area contributed by atoms with E-state index in [-0.39, 0.29) is 59.1 Å². The van der Waals surface area contributed by atoms with Gasteiger partial charge in [0.2, 0.25) is 0 Å². The fourth-order valence-electron chi connectivity index (χ4n) is 0. The molecular formula is C6H10Na2O6. The first-order valence-electron chi connectivity index (χ1n) is 2.66. The van der Waals surface area contributed by atoms with Gasteiger partial charge in [0.1, 0.15) is 0 Å². The smallest absolute Gasteiger partial charge is 0.548 e. The molecule has 0 bridgehead atoms. The third kappa shape index (κ3) is 80.1. The topological polar surface area (TPSA) is 121 Å². The van der Waals surface area contributed by atoms with Gasteiger partial charge in [-0.05, 0) is 0 Å². The van der Waals surface area contributed by atoms with Crippen LogP contribution in [0.1, 0.15) is 0 Å². The number of aliphatic carboxylic acids is 2. The van der Waals surface area contributed by atoms with Crippen molar-refractivity contribution < 1.29 is 89.1 Å². The number of rotatable bonds is 2. The van der Waals surface area contributed by atoms with Crippen LogP contribution in [0.5, 0.6) is 0 Å². The molecule has 0 rings (SSSR count). The number of carbonyl (C=O) groups is 2. The molecule has 0 saturated heterocycles. The maximum absolute atomic E-state index is 9.01. The summed E-state index contributed by atoms with van der Waals surface area (Å²) >= 11 is 0. The predicted molar refractivity (Wildman–Crippen MR) is 35.4 cm³/mol. The van der Waals surface area contributed by atoms with Crippen molar-refractivity contribution in [3.05, 3.63) is 13.2 Å². The minimum Gasteiger partial charge on any atom is -0.548 e. The van der Waals surface area contributed by atoms with Crippen LogP contribution in [-0.4, -0.2) is 35.4 Å². The minimum absolute atomic E-state index is 0. The zero-order valence-corrected chi connectivity index (χ0v) is 12.4. The summed E-state index contributed by atoms with van der Waals surface area (Å²) in [5, 5.41) is 33.0. The first-order valence-corrected chi connectivity index (χ1v) is 2.66. The van der Waals surface area contributed by atoms with Gasteiger partial charge in [0.25, 0.3) is 0 Å². The molecule has 0 saturated carbocycles. The first kappa shape index (κ1) is 29.3. The van der Waals surface area contributed by atoms with Crippen LogP contribution in [0.15, 0.2) is 13.2 Å². The van der Waals surface area contributed by atoms with Gasteiger partial charge in [0.15, 0.2) is 0 Å². The quantitative estimate of drug-likeness (QED) is 0.355. The Balaban J connectivity index is -0.0000000292. The Labute approximate surface area is 126 Å². The summed E-state index contributed by atoms with van der Waals surface area (Å²) in [4.78, 5) is 18.0. The van der Waals surface area contributed by atoms with Crippen LogP contribution >= 0.6 is 0 Å². The van der Waals surface area contributed by atoms with Crippen LogP contribution in [0.2, 0.25) is 0 Å². The molecule has 0 aromatic rings. The number of carbonyl (C=O) groups excluding carboxylic acids is 2. The molecule has 72 valence electrons. The van der Waals surface area contributed by atoms with Gasteiger partial charge in [-0.2, -0.15) is 0 Å². The molecule has 2 N–H and O–H groups in total. The molecule has 14 heavy (non-hydrogen) atoms. The van der Waals surface area contributed by atoms with Crippen LogP contribution in [-0.2, 0) is 9.59 Å².